The van der Waals surface area contributed by atoms with E-state index in [1.54, 1.807) is 4.90 Å². The lowest BCUT2D eigenvalue weighted by molar-refractivity contribution is -0.128. The smallest absolute Gasteiger partial charge is 0.227 e. The molecule has 1 saturated heterocycles. The second-order valence-electron chi connectivity index (χ2n) is 7.21. The van der Waals surface area contributed by atoms with E-state index in [-0.39, 0.29) is 24.2 Å². The number of para-hydroxylation sites is 1. The highest BCUT2D eigenvalue weighted by Crippen LogP contribution is 2.31. The van der Waals surface area contributed by atoms with Crippen molar-refractivity contribution in [1.29, 1.82) is 0 Å². The van der Waals surface area contributed by atoms with Gasteiger partial charge in [-0.25, -0.2) is 0 Å². The van der Waals surface area contributed by atoms with E-state index in [2.05, 4.69) is 35.1 Å². The van der Waals surface area contributed by atoms with Crippen molar-refractivity contribution >= 4 is 33.4 Å². The zero-order chi connectivity index (χ0) is 17.9. The number of nitrogens with one attached hydrogen (secondary N) is 1. The number of hydrogen-bond acceptors (Lipinski definition) is 3. The molecular formula is C18H26BrN3O2. The monoisotopic (exact) mass is 395 g/mol. The van der Waals surface area contributed by atoms with Crippen LogP contribution in [0.1, 0.15) is 33.6 Å². The van der Waals surface area contributed by atoms with Crippen LogP contribution in [0, 0.1) is 11.8 Å². The van der Waals surface area contributed by atoms with Gasteiger partial charge in [-0.1, -0.05) is 26.0 Å². The van der Waals surface area contributed by atoms with Crippen LogP contribution >= 0.6 is 15.9 Å². The number of halogens is 1. The van der Waals surface area contributed by atoms with Gasteiger partial charge in [0.2, 0.25) is 11.8 Å². The molecule has 0 aliphatic carbocycles. The van der Waals surface area contributed by atoms with Crippen molar-refractivity contribution < 1.29 is 9.59 Å². The van der Waals surface area contributed by atoms with Crippen LogP contribution in [-0.4, -0.2) is 30.4 Å². The first-order valence-corrected chi connectivity index (χ1v) is 9.12. The van der Waals surface area contributed by atoms with Crippen LogP contribution in [0.2, 0.25) is 0 Å². The minimum atomic E-state index is -0.435. The Kier molecular flexibility index (Phi) is 6.04. The molecule has 1 heterocycles. The maximum absolute atomic E-state index is 12.7. The van der Waals surface area contributed by atoms with Crippen LogP contribution < -0.4 is 16.0 Å². The lowest BCUT2D eigenvalue weighted by Crippen LogP contribution is -2.54. The van der Waals surface area contributed by atoms with Crippen LogP contribution in [0.15, 0.2) is 28.7 Å². The van der Waals surface area contributed by atoms with E-state index >= 15 is 0 Å². The Bertz CT molecular complexity index is 620. The molecule has 2 unspecified atom stereocenters. The van der Waals surface area contributed by atoms with Gasteiger partial charge < -0.3 is 16.0 Å². The first-order chi connectivity index (χ1) is 11.3. The van der Waals surface area contributed by atoms with E-state index in [0.717, 1.165) is 16.6 Å². The van der Waals surface area contributed by atoms with Gasteiger partial charge in [-0.05, 0) is 47.3 Å². The van der Waals surface area contributed by atoms with Gasteiger partial charge in [0.1, 0.15) is 0 Å². The summed E-state index contributed by atoms with van der Waals surface area (Å²) in [6.45, 7) is 6.95. The SMILES string of the molecule is CC(C)CC(C)(CN)NC(=O)C1CC(=O)N(c2ccccc2Br)C1. The average molecular weight is 396 g/mol. The zero-order valence-electron chi connectivity index (χ0n) is 14.5. The molecular weight excluding hydrogens is 370 g/mol. The summed E-state index contributed by atoms with van der Waals surface area (Å²) in [5, 5.41) is 3.07. The molecule has 0 spiro atoms. The van der Waals surface area contributed by atoms with E-state index in [4.69, 9.17) is 5.73 Å². The van der Waals surface area contributed by atoms with Gasteiger partial charge in [0, 0.05) is 29.5 Å². The van der Waals surface area contributed by atoms with Crippen molar-refractivity contribution in [2.75, 3.05) is 18.0 Å². The van der Waals surface area contributed by atoms with Crippen molar-refractivity contribution in [3.8, 4) is 0 Å². The molecule has 5 nitrogen and oxygen atoms in total. The third-order valence-corrected chi connectivity index (χ3v) is 5.04. The number of nitrogens with two attached hydrogens (primary N) is 1. The van der Waals surface area contributed by atoms with Gasteiger partial charge >= 0.3 is 0 Å². The highest BCUT2D eigenvalue weighted by molar-refractivity contribution is 9.10. The Labute approximate surface area is 152 Å². The number of rotatable bonds is 6. The maximum Gasteiger partial charge on any atom is 0.227 e. The molecule has 1 aromatic carbocycles. The molecule has 1 fully saturated rings. The molecule has 6 heteroatoms. The van der Waals surface area contributed by atoms with Gasteiger partial charge in [-0.15, -0.1) is 0 Å². The van der Waals surface area contributed by atoms with E-state index in [1.807, 2.05) is 31.2 Å². The van der Waals surface area contributed by atoms with E-state index in [1.165, 1.54) is 0 Å². The summed E-state index contributed by atoms with van der Waals surface area (Å²) in [6, 6.07) is 7.56. The molecule has 1 aliphatic heterocycles. The van der Waals surface area contributed by atoms with Crippen LogP contribution in [0.4, 0.5) is 5.69 Å². The standard InChI is InChI=1S/C18H26BrN3O2/c1-12(2)9-18(3,11-20)21-17(24)13-8-16(23)22(10-13)15-7-5-4-6-14(15)19/h4-7,12-13H,8-11,20H2,1-3H3,(H,21,24). The fraction of sp³-hybridized carbons (Fsp3) is 0.556. The maximum atomic E-state index is 12.7. The largest absolute Gasteiger partial charge is 0.349 e. The Morgan fingerprint density at radius 3 is 2.71 bits per heavy atom. The first-order valence-electron chi connectivity index (χ1n) is 8.33. The van der Waals surface area contributed by atoms with Crippen LogP contribution in [-0.2, 0) is 9.59 Å². The molecule has 2 atom stereocenters. The number of nitrogens with zero attached hydrogens (tertiary/aromatic N) is 1. The fourth-order valence-electron chi connectivity index (χ4n) is 3.27. The summed E-state index contributed by atoms with van der Waals surface area (Å²) in [6.07, 6.45) is 1.04. The van der Waals surface area contributed by atoms with Gasteiger partial charge in [0.15, 0.2) is 0 Å². The second-order valence-corrected chi connectivity index (χ2v) is 8.06. The van der Waals surface area contributed by atoms with Crippen molar-refractivity contribution in [3.63, 3.8) is 0 Å². The highest BCUT2D eigenvalue weighted by atomic mass is 79.9. The molecule has 0 saturated carbocycles. The third kappa shape index (κ3) is 4.36. The molecule has 3 N–H and O–H groups in total. The molecule has 0 bridgehead atoms. The summed E-state index contributed by atoms with van der Waals surface area (Å²) < 4.78 is 0.853. The minimum Gasteiger partial charge on any atom is -0.349 e. The minimum absolute atomic E-state index is 0.0274. The van der Waals surface area contributed by atoms with Gasteiger partial charge in [-0.3, -0.25) is 9.59 Å². The summed E-state index contributed by atoms with van der Waals surface area (Å²) in [5.74, 6) is -0.0321. The second kappa shape index (κ2) is 7.66. The highest BCUT2D eigenvalue weighted by Gasteiger charge is 2.38. The molecule has 2 amide bonds. The average Bonchev–Trinajstić information content (AvgIpc) is 2.89. The zero-order valence-corrected chi connectivity index (χ0v) is 16.1. The Morgan fingerprint density at radius 2 is 2.12 bits per heavy atom. The number of anilines is 1. The first kappa shape index (κ1) is 18.9. The molecule has 1 aromatic rings. The van der Waals surface area contributed by atoms with Crippen molar-refractivity contribution in [2.24, 2.45) is 17.6 Å². The summed E-state index contributed by atoms with van der Waals surface area (Å²) in [7, 11) is 0. The fourth-order valence-corrected chi connectivity index (χ4v) is 3.77. The Hall–Kier alpha value is -1.40. The van der Waals surface area contributed by atoms with Crippen molar-refractivity contribution in [2.45, 2.75) is 39.2 Å². The number of carbonyl (C=O) groups is 2. The number of carbonyl (C=O) groups excluding carboxylic acids is 2. The summed E-state index contributed by atoms with van der Waals surface area (Å²) in [5.41, 5.74) is 6.24. The van der Waals surface area contributed by atoms with Crippen molar-refractivity contribution in [1.82, 2.24) is 5.32 Å². The third-order valence-electron chi connectivity index (χ3n) is 4.37. The predicted molar refractivity (Wildman–Crippen MR) is 99.7 cm³/mol. The Balaban J connectivity index is 2.07. The molecule has 1 aliphatic rings. The van der Waals surface area contributed by atoms with Gasteiger partial charge in [0.05, 0.1) is 11.6 Å². The topological polar surface area (TPSA) is 75.4 Å². The lowest BCUT2D eigenvalue weighted by atomic mass is 9.90. The van der Waals surface area contributed by atoms with Gasteiger partial charge in [0.25, 0.3) is 0 Å². The summed E-state index contributed by atoms with van der Waals surface area (Å²) in [4.78, 5) is 26.7. The quantitative estimate of drug-likeness (QED) is 0.777. The van der Waals surface area contributed by atoms with E-state index in [0.29, 0.717) is 19.0 Å². The number of amides is 2. The molecule has 2 rings (SSSR count). The Morgan fingerprint density at radius 1 is 1.46 bits per heavy atom. The van der Waals surface area contributed by atoms with Crippen LogP contribution in [0.3, 0.4) is 0 Å². The van der Waals surface area contributed by atoms with Crippen LogP contribution in [0.25, 0.3) is 0 Å². The molecule has 0 aromatic heterocycles. The normalized spacial score (nSPS) is 20.3. The molecule has 132 valence electrons. The van der Waals surface area contributed by atoms with E-state index < -0.39 is 5.54 Å². The van der Waals surface area contributed by atoms with E-state index in [9.17, 15) is 9.59 Å². The van der Waals surface area contributed by atoms with Crippen LogP contribution in [0.5, 0.6) is 0 Å². The van der Waals surface area contributed by atoms with Crippen molar-refractivity contribution in [3.05, 3.63) is 28.7 Å². The molecule has 0 radical (unpaired) electrons. The summed E-state index contributed by atoms with van der Waals surface area (Å²) >= 11 is 3.47. The number of benzene rings is 1. The number of hydrogen-bond donors (Lipinski definition) is 2. The van der Waals surface area contributed by atoms with Gasteiger partial charge in [-0.2, -0.15) is 0 Å². The molecule has 24 heavy (non-hydrogen) atoms. The predicted octanol–water partition coefficient (Wildman–Crippen LogP) is 2.68. The lowest BCUT2D eigenvalue weighted by Gasteiger charge is -2.32.